The number of hydrogen-bond donors (Lipinski definition) is 6. The Kier molecular flexibility index (Phi) is 52.8. The normalized spacial score (nSPS) is 22.4. The third-order valence-corrected chi connectivity index (χ3v) is 17.9. The summed E-state index contributed by atoms with van der Waals surface area (Å²) >= 11 is 0. The summed E-state index contributed by atoms with van der Waals surface area (Å²) in [6.07, 6.45) is 37.2. The van der Waals surface area contributed by atoms with Crippen molar-refractivity contribution >= 4 is 31.9 Å². The van der Waals surface area contributed by atoms with E-state index in [4.69, 9.17) is 42.4 Å². The number of aliphatic hydroxyl groups is 1. The number of nitrogens with one attached hydrogen (secondary N) is 2. The molecular weight excluding hydrogens is 1190 g/mol. The van der Waals surface area contributed by atoms with Gasteiger partial charge in [0.1, 0.15) is 61.1 Å². The van der Waals surface area contributed by atoms with E-state index < -0.39 is 101 Å². The minimum absolute atomic E-state index is 0.0467. The minimum Gasteiger partial charge on any atom is -0.480 e. The van der Waals surface area contributed by atoms with Gasteiger partial charge in [-0.3, -0.25) is 18.9 Å². The summed E-state index contributed by atoms with van der Waals surface area (Å²) in [7, 11) is -3.85. The lowest BCUT2D eigenvalue weighted by Crippen LogP contribution is -2.67. The molecule has 20 nitrogen and oxygen atoms in total. The van der Waals surface area contributed by atoms with Crippen molar-refractivity contribution in [1.82, 2.24) is 10.6 Å². The van der Waals surface area contributed by atoms with E-state index in [9.17, 15) is 43.7 Å². The van der Waals surface area contributed by atoms with Crippen LogP contribution in [0, 0.1) is 0 Å². The zero-order valence-corrected chi connectivity index (χ0v) is 58.4. The van der Waals surface area contributed by atoms with E-state index in [2.05, 4.69) is 50.5 Å². The first-order valence-corrected chi connectivity index (χ1v) is 37.9. The molecule has 0 aromatic carbocycles. The number of aliphatic hydroxyl groups excluding tert-OH is 1. The molecule has 2 aliphatic rings. The fourth-order valence-corrected chi connectivity index (χ4v) is 12.7. The van der Waals surface area contributed by atoms with Crippen molar-refractivity contribution in [3.05, 3.63) is 12.2 Å². The number of phosphoric acid groups is 1. The molecular formula is C70H131N2O18P. The molecule has 91 heavy (non-hydrogen) atoms. The highest BCUT2D eigenvalue weighted by molar-refractivity contribution is 7.46. The summed E-state index contributed by atoms with van der Waals surface area (Å²) in [6.45, 7) is 8.05. The molecule has 0 aromatic heterocycles. The molecule has 2 heterocycles. The van der Waals surface area contributed by atoms with Gasteiger partial charge in [0.25, 0.3) is 0 Å². The minimum atomic E-state index is -5.23. The Bertz CT molecular complexity index is 1850. The second kappa shape index (κ2) is 56.7. The summed E-state index contributed by atoms with van der Waals surface area (Å²) in [5.41, 5.74) is 0. The second-order valence-corrected chi connectivity index (χ2v) is 26.8. The molecule has 2 saturated heterocycles. The van der Waals surface area contributed by atoms with Crippen molar-refractivity contribution in [3.63, 3.8) is 0 Å². The number of amides is 2. The Morgan fingerprint density at radius 2 is 1.00 bits per heavy atom. The summed E-state index contributed by atoms with van der Waals surface area (Å²) in [5, 5.41) is 27.5. The Morgan fingerprint density at radius 1 is 0.527 bits per heavy atom. The maximum Gasteiger partial charge on any atom is 0.470 e. The number of unbranched alkanes of at least 4 members (excludes halogenated alkanes) is 33. The van der Waals surface area contributed by atoms with Gasteiger partial charge >= 0.3 is 13.8 Å². The van der Waals surface area contributed by atoms with Crippen molar-refractivity contribution in [1.29, 1.82) is 0 Å². The maximum absolute atomic E-state index is 13.7. The number of hydrogen-bond acceptors (Lipinski definition) is 15. The number of rotatable bonds is 64. The molecule has 0 radical (unpaired) electrons. The lowest BCUT2D eigenvalue weighted by molar-refractivity contribution is -0.307. The lowest BCUT2D eigenvalue weighted by Gasteiger charge is -2.47. The van der Waals surface area contributed by atoms with Crippen LogP contribution >= 0.6 is 7.82 Å². The molecule has 2 fully saturated rings. The number of Topliss-reactive ketones (excluding diaryl/α,β-unsaturated/α-hetero) is 1. The molecule has 0 spiro atoms. The number of allylic oxidation sites excluding steroid dienone is 2. The van der Waals surface area contributed by atoms with Gasteiger partial charge in [-0.15, -0.1) is 0 Å². The van der Waals surface area contributed by atoms with Crippen LogP contribution in [0.4, 0.5) is 0 Å². The summed E-state index contributed by atoms with van der Waals surface area (Å²) in [5.74, 6) is -2.24. The average Bonchev–Trinajstić information content (AvgIpc) is 0.818. The Morgan fingerprint density at radius 3 is 1.53 bits per heavy atom. The number of carboxylic acid groups (broad SMARTS) is 1. The van der Waals surface area contributed by atoms with E-state index in [1.165, 1.54) is 129 Å². The molecule has 2 amide bonds. The molecule has 0 bridgehead atoms. The van der Waals surface area contributed by atoms with Gasteiger partial charge in [-0.2, -0.15) is 0 Å². The molecule has 2 aliphatic heterocycles. The van der Waals surface area contributed by atoms with Crippen molar-refractivity contribution < 1.29 is 86.2 Å². The Labute approximate surface area is 550 Å². The highest BCUT2D eigenvalue weighted by atomic mass is 31.2. The molecule has 0 aromatic rings. The summed E-state index contributed by atoms with van der Waals surface area (Å²) in [4.78, 5) is 72.0. The number of phosphoric ester groups is 1. The monoisotopic (exact) mass is 1320 g/mol. The largest absolute Gasteiger partial charge is 0.480 e. The van der Waals surface area contributed by atoms with Gasteiger partial charge < -0.3 is 68.5 Å². The van der Waals surface area contributed by atoms with E-state index in [1.807, 2.05) is 0 Å². The van der Waals surface area contributed by atoms with Crippen molar-refractivity contribution in [3.8, 4) is 0 Å². The van der Waals surface area contributed by atoms with Gasteiger partial charge in [-0.1, -0.05) is 239 Å². The highest BCUT2D eigenvalue weighted by Gasteiger charge is 2.52. The van der Waals surface area contributed by atoms with Gasteiger partial charge in [-0.05, 0) is 57.8 Å². The van der Waals surface area contributed by atoms with Crippen molar-refractivity contribution in [2.45, 2.75) is 365 Å². The molecule has 0 unspecified atom stereocenters. The van der Waals surface area contributed by atoms with E-state index in [-0.39, 0.29) is 38.1 Å². The fraction of sp³-hybridized carbons (Fsp3) is 0.914. The van der Waals surface area contributed by atoms with Gasteiger partial charge in [0.2, 0.25) is 12.3 Å². The van der Waals surface area contributed by atoms with Crippen LogP contribution in [0.2, 0.25) is 0 Å². The predicted molar refractivity (Wildman–Crippen MR) is 357 cm³/mol. The first-order chi connectivity index (χ1) is 44.2. The average molecular weight is 1320 g/mol. The van der Waals surface area contributed by atoms with E-state index >= 15 is 0 Å². The lowest BCUT2D eigenvalue weighted by atomic mass is 9.95. The van der Waals surface area contributed by atoms with Crippen LogP contribution < -0.4 is 10.6 Å². The number of carbonyl (C=O) groups is 4. The molecule has 0 aliphatic carbocycles. The van der Waals surface area contributed by atoms with Crippen LogP contribution in [0.1, 0.15) is 297 Å². The number of carbonyl (C=O) groups excluding carboxylic acids is 3. The predicted octanol–water partition coefficient (Wildman–Crippen LogP) is 14.4. The molecule has 534 valence electrons. The molecule has 0 saturated carbocycles. The third kappa shape index (κ3) is 42.7. The van der Waals surface area contributed by atoms with Gasteiger partial charge in [0.05, 0.1) is 25.7 Å². The maximum atomic E-state index is 13.7. The van der Waals surface area contributed by atoms with Crippen LogP contribution in [0.25, 0.3) is 0 Å². The highest BCUT2D eigenvalue weighted by Crippen LogP contribution is 2.42. The fourth-order valence-electron chi connectivity index (χ4n) is 12.1. The number of ketones is 1. The van der Waals surface area contributed by atoms with Crippen molar-refractivity contribution in [2.24, 2.45) is 0 Å². The van der Waals surface area contributed by atoms with Crippen molar-refractivity contribution in [2.75, 3.05) is 46.8 Å². The van der Waals surface area contributed by atoms with E-state index in [1.54, 1.807) is 0 Å². The topological polar surface area (TPSA) is 273 Å². The second-order valence-electron chi connectivity index (χ2n) is 25.6. The molecule has 21 heteroatoms. The van der Waals surface area contributed by atoms with Crippen LogP contribution in [-0.4, -0.2) is 158 Å². The smallest absolute Gasteiger partial charge is 0.470 e. The molecule has 11 atom stereocenters. The molecule has 6 N–H and O–H groups in total. The number of aliphatic carboxylic acids is 1. The quantitative estimate of drug-likeness (QED) is 0.0109. The number of ether oxygens (including phenoxy) is 8. The van der Waals surface area contributed by atoms with Gasteiger partial charge in [0.15, 0.2) is 12.6 Å². The van der Waals surface area contributed by atoms with Gasteiger partial charge in [0, 0.05) is 33.4 Å². The Balaban J connectivity index is 2.35. The molecule has 2 rings (SSSR count). The zero-order valence-electron chi connectivity index (χ0n) is 57.5. The van der Waals surface area contributed by atoms with Gasteiger partial charge in [-0.25, -0.2) is 9.36 Å². The van der Waals surface area contributed by atoms with Crippen LogP contribution in [0.3, 0.4) is 0 Å². The SMILES string of the molecule is CCCCCC/C=C\CCCCCCO[C@H](CCCCCCCCCCC)CCO[C@@H]1[C@@H](NC=O)[C@H](OC[C@H]2O[C@H](OCC(=O)O)[C@H](NC(=O)CC(=O)CCCCCCCCCCC)[C@@H](OCCCCCCCCCCCC)[C@@H]2O)O[C@H](COC)[C@H]1OP(=O)(O)O. The number of methoxy groups -OCH3 is 1. The first kappa shape index (κ1) is 84.7. The van der Waals surface area contributed by atoms with Crippen LogP contribution in [-0.2, 0) is 66.2 Å². The zero-order chi connectivity index (χ0) is 66.4. The van der Waals surface area contributed by atoms with E-state index in [0.29, 0.717) is 32.3 Å². The Hall–Kier alpha value is -2.43. The summed E-state index contributed by atoms with van der Waals surface area (Å²) in [6, 6.07) is -2.53. The number of carboxylic acids is 1. The third-order valence-electron chi connectivity index (χ3n) is 17.4. The first-order valence-electron chi connectivity index (χ1n) is 36.4. The van der Waals surface area contributed by atoms with Crippen LogP contribution in [0.15, 0.2) is 12.2 Å². The van der Waals surface area contributed by atoms with Crippen LogP contribution in [0.5, 0.6) is 0 Å². The standard InChI is InChI=1S/C70H131N2O18P/c1-6-10-14-18-22-26-28-29-33-36-40-44-49-83-58(47-43-39-35-31-25-21-17-13-9-4)48-51-85-68-63(71-56-73)69(89-60(53-82-5)66(68)90-91(79,80)81)86-54-59-65(78)67(84-50-45-41-37-32-27-23-19-15-11-7-2)64(70(88-59)87-55-62(76)77)72-61(75)52-57(74)46-42-38-34-30-24-20-16-12-8-3/h26,28,56,58-60,63-70,78H,6-25,27,29-55H2,1-5H3,(H,71,73)(H,72,75)(H,76,77)(H2,79,80,81)/b28-26-/t58-,59-,60-,63-,64-,65-,66-,67-,68-,69-,70+/m1/s1. The summed E-state index contributed by atoms with van der Waals surface area (Å²) < 4.78 is 67.9. The van der Waals surface area contributed by atoms with E-state index in [0.717, 1.165) is 116 Å².